The van der Waals surface area contributed by atoms with Crippen LogP contribution < -0.4 is 0 Å². The Bertz CT molecular complexity index is 3490. The summed E-state index contributed by atoms with van der Waals surface area (Å²) in [6.07, 6.45) is -2.71. The highest BCUT2D eigenvalue weighted by molar-refractivity contribution is 7.26. The van der Waals surface area contributed by atoms with Crippen molar-refractivity contribution in [2.45, 2.75) is 13.2 Å². The maximum atomic E-state index is 8.79. The van der Waals surface area contributed by atoms with Crippen LogP contribution in [-0.4, -0.2) is 9.55 Å². The van der Waals surface area contributed by atoms with E-state index in [1.54, 1.807) is 10.6 Å². The molecule has 0 radical (unpaired) electrons. The molecule has 0 saturated heterocycles. The molecule has 2 nitrogen and oxygen atoms in total. The first-order valence-corrected chi connectivity index (χ1v) is 19.6. The molecule has 11 aromatic rings. The van der Waals surface area contributed by atoms with Crippen LogP contribution in [-0.2, 0) is 6.37 Å². The fourth-order valence-corrected chi connectivity index (χ4v) is 9.79. The molecule has 0 bridgehead atoms. The third kappa shape index (κ3) is 5.12. The second kappa shape index (κ2) is 13.2. The number of para-hydroxylation sites is 3. The maximum Gasteiger partial charge on any atom is 0.114 e. The summed E-state index contributed by atoms with van der Waals surface area (Å²) in [5.74, 6) is -0.156. The molecule has 11 rings (SSSR count). The van der Waals surface area contributed by atoms with Gasteiger partial charge in [0.25, 0.3) is 0 Å². The Morgan fingerprint density at radius 2 is 1.14 bits per heavy atom. The average molecular weight is 738 g/mol. The Morgan fingerprint density at radius 3 is 2.00 bits per heavy atom. The highest BCUT2D eigenvalue weighted by atomic mass is 32.1. The molecule has 0 spiro atoms. The Morgan fingerprint density at radius 1 is 0.500 bits per heavy atom. The standard InChI is InChI=1S/C53H36N2S/c1-2-50-54-45-22-10-12-24-47(45)55(50)46-23-11-8-17-38(46)35-27-29-36(30-28-35)51-39-18-6-7-19-40(39)52(44-33-37(31-32-41(44)51)34-15-4-3-5-16-34)43-21-14-26-49-53(43)42-20-9-13-25-48(42)56-49/h3-33H,2H2,1H3/i1D3,2D2. The summed E-state index contributed by atoms with van der Waals surface area (Å²) in [6, 6.07) is 65.2. The number of hydrogen-bond donors (Lipinski definition) is 0. The van der Waals surface area contributed by atoms with E-state index in [1.807, 2.05) is 53.8 Å². The summed E-state index contributed by atoms with van der Waals surface area (Å²) in [5, 5.41) is 7.20. The van der Waals surface area contributed by atoms with Gasteiger partial charge in [0.2, 0.25) is 0 Å². The Kier molecular flexibility index (Phi) is 6.53. The summed E-state index contributed by atoms with van der Waals surface area (Å²) >= 11 is 1.84. The van der Waals surface area contributed by atoms with Gasteiger partial charge in [-0.25, -0.2) is 4.98 Å². The van der Waals surface area contributed by atoms with Crippen molar-refractivity contribution < 1.29 is 6.85 Å². The second-order valence-corrected chi connectivity index (χ2v) is 15.3. The molecule has 264 valence electrons. The minimum atomic E-state index is -2.93. The molecule has 0 aliphatic carbocycles. The molecule has 0 amide bonds. The molecule has 0 N–H and O–H groups in total. The number of aryl methyl sites for hydroxylation is 1. The topological polar surface area (TPSA) is 17.8 Å². The Balaban J connectivity index is 1.14. The molecular formula is C53H36N2S. The van der Waals surface area contributed by atoms with Crippen LogP contribution in [0.3, 0.4) is 0 Å². The number of thiophene rings is 1. The number of imidazole rings is 1. The minimum Gasteiger partial charge on any atom is -0.296 e. The number of aromatic nitrogens is 2. The van der Waals surface area contributed by atoms with Crippen molar-refractivity contribution in [1.29, 1.82) is 0 Å². The smallest absolute Gasteiger partial charge is 0.114 e. The molecule has 0 aliphatic rings. The van der Waals surface area contributed by atoms with Crippen molar-refractivity contribution in [3.05, 3.63) is 194 Å². The van der Waals surface area contributed by atoms with Crippen LogP contribution in [0, 0.1) is 0 Å². The van der Waals surface area contributed by atoms with Gasteiger partial charge in [-0.2, -0.15) is 0 Å². The second-order valence-electron chi connectivity index (χ2n) is 14.2. The molecule has 0 aliphatic heterocycles. The lowest BCUT2D eigenvalue weighted by atomic mass is 9.83. The molecular weight excluding hydrogens is 697 g/mol. The van der Waals surface area contributed by atoms with Gasteiger partial charge in [-0.1, -0.05) is 159 Å². The SMILES string of the molecule is [2H]C([2H])([2H])C([2H])([2H])c1nc2ccccc2n1-c1ccccc1-c1ccc(-c2c3ccccc3c(-c3cccc4sc5ccccc5c34)c3cc(-c4ccccc4)ccc23)cc1. The molecule has 0 fully saturated rings. The van der Waals surface area contributed by atoms with Gasteiger partial charge in [0, 0.05) is 39.0 Å². The van der Waals surface area contributed by atoms with E-state index >= 15 is 0 Å². The van der Waals surface area contributed by atoms with Gasteiger partial charge < -0.3 is 0 Å². The van der Waals surface area contributed by atoms with Gasteiger partial charge in [0.1, 0.15) is 5.82 Å². The molecule has 56 heavy (non-hydrogen) atoms. The Hall–Kier alpha value is -6.81. The molecule has 0 atom stereocenters. The fourth-order valence-electron chi connectivity index (χ4n) is 8.66. The van der Waals surface area contributed by atoms with E-state index in [-0.39, 0.29) is 5.82 Å². The van der Waals surface area contributed by atoms with E-state index < -0.39 is 13.2 Å². The fraction of sp³-hybridized carbons (Fsp3) is 0.0377. The van der Waals surface area contributed by atoms with Gasteiger partial charge >= 0.3 is 0 Å². The zero-order valence-corrected chi connectivity index (χ0v) is 31.0. The molecule has 0 saturated carbocycles. The highest BCUT2D eigenvalue weighted by Gasteiger charge is 2.21. The quantitative estimate of drug-likeness (QED) is 0.155. The van der Waals surface area contributed by atoms with Crippen molar-refractivity contribution in [3.63, 3.8) is 0 Å². The number of rotatable bonds is 6. The summed E-state index contributed by atoms with van der Waals surface area (Å²) in [4.78, 5) is 4.59. The average Bonchev–Trinajstić information content (AvgIpc) is 3.88. The predicted molar refractivity (Wildman–Crippen MR) is 240 cm³/mol. The lowest BCUT2D eigenvalue weighted by molar-refractivity contribution is 0.909. The third-order valence-electron chi connectivity index (χ3n) is 11.1. The molecule has 9 aromatic carbocycles. The number of benzene rings is 9. The van der Waals surface area contributed by atoms with Crippen LogP contribution in [0.1, 0.15) is 19.5 Å². The largest absolute Gasteiger partial charge is 0.296 e. The monoisotopic (exact) mass is 737 g/mol. The molecule has 3 heteroatoms. The first-order chi connectivity index (χ1) is 29.7. The number of fused-ring (bicyclic) bond motifs is 6. The molecule has 0 unspecified atom stereocenters. The maximum absolute atomic E-state index is 8.79. The van der Waals surface area contributed by atoms with E-state index in [9.17, 15) is 0 Å². The predicted octanol–water partition coefficient (Wildman–Crippen LogP) is 14.9. The summed E-state index contributed by atoms with van der Waals surface area (Å²) in [7, 11) is 0. The van der Waals surface area contributed by atoms with Crippen LogP contribution >= 0.6 is 11.3 Å². The first kappa shape index (κ1) is 27.7. The zero-order valence-electron chi connectivity index (χ0n) is 35.2. The van der Waals surface area contributed by atoms with Crippen LogP contribution in [0.25, 0.3) is 103 Å². The number of nitrogens with zero attached hydrogens (tertiary/aromatic N) is 2. The molecule has 2 heterocycles. The van der Waals surface area contributed by atoms with E-state index in [0.29, 0.717) is 16.7 Å². The van der Waals surface area contributed by atoms with Gasteiger partial charge in [-0.15, -0.1) is 11.3 Å². The van der Waals surface area contributed by atoms with Crippen molar-refractivity contribution in [3.8, 4) is 50.2 Å². The highest BCUT2D eigenvalue weighted by Crippen LogP contribution is 2.49. The summed E-state index contributed by atoms with van der Waals surface area (Å²) < 4.78 is 46.2. The van der Waals surface area contributed by atoms with E-state index in [1.165, 1.54) is 42.1 Å². The van der Waals surface area contributed by atoms with Gasteiger partial charge in [-0.3, -0.25) is 4.57 Å². The van der Waals surface area contributed by atoms with Crippen molar-refractivity contribution in [1.82, 2.24) is 9.55 Å². The van der Waals surface area contributed by atoms with Crippen LogP contribution in [0.4, 0.5) is 0 Å². The van der Waals surface area contributed by atoms with Crippen LogP contribution in [0.15, 0.2) is 188 Å². The van der Waals surface area contributed by atoms with Crippen molar-refractivity contribution in [2.24, 2.45) is 0 Å². The van der Waals surface area contributed by atoms with E-state index in [2.05, 4.69) is 145 Å². The first-order valence-electron chi connectivity index (χ1n) is 21.3. The van der Waals surface area contributed by atoms with Crippen molar-refractivity contribution >= 4 is 64.1 Å². The van der Waals surface area contributed by atoms with Crippen LogP contribution in [0.5, 0.6) is 0 Å². The van der Waals surface area contributed by atoms with E-state index in [4.69, 9.17) is 6.85 Å². The van der Waals surface area contributed by atoms with E-state index in [0.717, 1.165) is 44.2 Å². The third-order valence-corrected chi connectivity index (χ3v) is 12.2. The lowest BCUT2D eigenvalue weighted by Gasteiger charge is -2.20. The van der Waals surface area contributed by atoms with Crippen LogP contribution in [0.2, 0.25) is 0 Å². The van der Waals surface area contributed by atoms with Gasteiger partial charge in [0.15, 0.2) is 0 Å². The minimum absolute atomic E-state index is 0.156. The van der Waals surface area contributed by atoms with Crippen molar-refractivity contribution in [2.75, 3.05) is 0 Å². The number of hydrogen-bond acceptors (Lipinski definition) is 2. The normalized spacial score (nSPS) is 13.5. The van der Waals surface area contributed by atoms with Gasteiger partial charge in [0.05, 0.1) is 16.7 Å². The van der Waals surface area contributed by atoms with Gasteiger partial charge in [-0.05, 0) is 96.9 Å². The zero-order chi connectivity index (χ0) is 41.5. The lowest BCUT2D eigenvalue weighted by Crippen LogP contribution is -2.02. The Labute approximate surface area is 336 Å². The summed E-state index contributed by atoms with van der Waals surface area (Å²) in [6.45, 7) is -2.93. The summed E-state index contributed by atoms with van der Waals surface area (Å²) in [5.41, 5.74) is 10.5. The molecule has 2 aromatic heterocycles.